The van der Waals surface area contributed by atoms with Crippen LogP contribution in [0, 0.1) is 5.41 Å². The first-order valence-electron chi connectivity index (χ1n) is 8.77. The molecule has 120 valence electrons. The summed E-state index contributed by atoms with van der Waals surface area (Å²) in [6.45, 7) is 11.4. The van der Waals surface area contributed by atoms with Crippen LogP contribution < -0.4 is 5.32 Å². The molecule has 3 nitrogen and oxygen atoms in total. The molecule has 0 heterocycles. The summed E-state index contributed by atoms with van der Waals surface area (Å²) in [7, 11) is 0. The molecule has 0 saturated heterocycles. The van der Waals surface area contributed by atoms with Crippen LogP contribution in [0.5, 0.6) is 0 Å². The van der Waals surface area contributed by atoms with Crippen LogP contribution in [0.25, 0.3) is 0 Å². The smallest absolute Gasteiger partial charge is 0.0558 e. The lowest BCUT2D eigenvalue weighted by atomic mass is 9.84. The molecular formula is C17H36N2O. The lowest BCUT2D eigenvalue weighted by molar-refractivity contribution is 0.0836. The fraction of sp³-hybridized carbons (Fsp3) is 1.00. The Morgan fingerprint density at radius 1 is 1.15 bits per heavy atom. The van der Waals surface area contributed by atoms with E-state index in [4.69, 9.17) is 0 Å². The number of hydrogen-bond acceptors (Lipinski definition) is 3. The zero-order valence-electron chi connectivity index (χ0n) is 14.0. The average molecular weight is 284 g/mol. The largest absolute Gasteiger partial charge is 0.395 e. The minimum absolute atomic E-state index is 0.287. The first kappa shape index (κ1) is 17.9. The summed E-state index contributed by atoms with van der Waals surface area (Å²) < 4.78 is 0. The second-order valence-corrected chi connectivity index (χ2v) is 6.55. The van der Waals surface area contributed by atoms with Crippen molar-refractivity contribution in [3.63, 3.8) is 0 Å². The van der Waals surface area contributed by atoms with Gasteiger partial charge < -0.3 is 10.4 Å². The van der Waals surface area contributed by atoms with E-state index < -0.39 is 0 Å². The molecule has 0 aromatic rings. The van der Waals surface area contributed by atoms with Crippen LogP contribution in [0.4, 0.5) is 0 Å². The van der Waals surface area contributed by atoms with E-state index in [1.54, 1.807) is 0 Å². The summed E-state index contributed by atoms with van der Waals surface area (Å²) in [5, 5.41) is 13.0. The third-order valence-electron chi connectivity index (χ3n) is 4.98. The van der Waals surface area contributed by atoms with E-state index >= 15 is 0 Å². The van der Waals surface area contributed by atoms with Crippen molar-refractivity contribution >= 4 is 0 Å². The Balaban J connectivity index is 2.64. The Labute approximate surface area is 126 Å². The molecule has 0 radical (unpaired) electrons. The van der Waals surface area contributed by atoms with Gasteiger partial charge >= 0.3 is 0 Å². The molecule has 2 N–H and O–H groups in total. The average Bonchev–Trinajstić information content (AvgIpc) is 2.89. The summed E-state index contributed by atoms with van der Waals surface area (Å²) in [6, 6.07) is 0.630. The van der Waals surface area contributed by atoms with Gasteiger partial charge in [0.1, 0.15) is 0 Å². The zero-order valence-corrected chi connectivity index (χ0v) is 14.0. The summed E-state index contributed by atoms with van der Waals surface area (Å²) >= 11 is 0. The van der Waals surface area contributed by atoms with Crippen LogP contribution in [0.15, 0.2) is 0 Å². The van der Waals surface area contributed by atoms with Crippen molar-refractivity contribution in [3.05, 3.63) is 0 Å². The van der Waals surface area contributed by atoms with Gasteiger partial charge in [0, 0.05) is 25.7 Å². The molecule has 1 rings (SSSR count). The highest BCUT2D eigenvalue weighted by Gasteiger charge is 2.36. The van der Waals surface area contributed by atoms with E-state index in [2.05, 4.69) is 31.0 Å². The molecule has 0 amide bonds. The number of rotatable bonds is 11. The predicted octanol–water partition coefficient (Wildman–Crippen LogP) is 3.03. The van der Waals surface area contributed by atoms with Crippen molar-refractivity contribution < 1.29 is 5.11 Å². The van der Waals surface area contributed by atoms with Gasteiger partial charge in [-0.05, 0) is 44.1 Å². The third kappa shape index (κ3) is 5.34. The zero-order chi connectivity index (χ0) is 14.8. The molecule has 3 heteroatoms. The van der Waals surface area contributed by atoms with Crippen LogP contribution in [0.3, 0.4) is 0 Å². The van der Waals surface area contributed by atoms with Crippen molar-refractivity contribution in [2.24, 2.45) is 5.41 Å². The van der Waals surface area contributed by atoms with E-state index in [0.29, 0.717) is 11.5 Å². The molecule has 0 atom stereocenters. The lowest BCUT2D eigenvalue weighted by Gasteiger charge is -2.39. The van der Waals surface area contributed by atoms with E-state index in [1.807, 2.05) is 0 Å². The fourth-order valence-corrected chi connectivity index (χ4v) is 3.80. The highest BCUT2D eigenvalue weighted by molar-refractivity contribution is 4.90. The van der Waals surface area contributed by atoms with Gasteiger partial charge in [-0.3, -0.25) is 4.90 Å². The SMILES string of the molecule is CCCNCC1(CN(CCO)C(CC)CC)CCCC1. The number of nitrogens with one attached hydrogen (secondary N) is 1. The Hall–Kier alpha value is -0.120. The number of nitrogens with zero attached hydrogens (tertiary/aromatic N) is 1. The normalized spacial score (nSPS) is 18.3. The van der Waals surface area contributed by atoms with Crippen molar-refractivity contribution in [2.45, 2.75) is 71.8 Å². The number of aliphatic hydroxyl groups excluding tert-OH is 1. The Kier molecular flexibility index (Phi) is 8.74. The van der Waals surface area contributed by atoms with Crippen LogP contribution in [0.2, 0.25) is 0 Å². The number of hydrogen-bond donors (Lipinski definition) is 2. The number of aliphatic hydroxyl groups is 1. The molecule has 1 aliphatic rings. The van der Waals surface area contributed by atoms with Gasteiger partial charge in [0.2, 0.25) is 0 Å². The van der Waals surface area contributed by atoms with Gasteiger partial charge in [-0.1, -0.05) is 33.6 Å². The first-order chi connectivity index (χ1) is 9.71. The molecule has 20 heavy (non-hydrogen) atoms. The van der Waals surface area contributed by atoms with Gasteiger partial charge in [0.15, 0.2) is 0 Å². The maximum atomic E-state index is 9.39. The maximum Gasteiger partial charge on any atom is 0.0558 e. The van der Waals surface area contributed by atoms with Crippen molar-refractivity contribution in [3.8, 4) is 0 Å². The molecule has 1 aliphatic carbocycles. The minimum Gasteiger partial charge on any atom is -0.395 e. The van der Waals surface area contributed by atoms with Crippen LogP contribution >= 0.6 is 0 Å². The third-order valence-corrected chi connectivity index (χ3v) is 4.98. The van der Waals surface area contributed by atoms with E-state index in [0.717, 1.165) is 26.2 Å². The molecule has 0 spiro atoms. The molecule has 0 aromatic heterocycles. The van der Waals surface area contributed by atoms with Crippen molar-refractivity contribution in [1.29, 1.82) is 0 Å². The minimum atomic E-state index is 0.287. The van der Waals surface area contributed by atoms with E-state index in [-0.39, 0.29) is 6.61 Å². The highest BCUT2D eigenvalue weighted by atomic mass is 16.3. The highest BCUT2D eigenvalue weighted by Crippen LogP contribution is 2.39. The van der Waals surface area contributed by atoms with Gasteiger partial charge in [-0.25, -0.2) is 0 Å². The van der Waals surface area contributed by atoms with E-state index in [1.165, 1.54) is 44.9 Å². The summed E-state index contributed by atoms with van der Waals surface area (Å²) in [6.07, 6.45) is 9.05. The van der Waals surface area contributed by atoms with Gasteiger partial charge in [0.05, 0.1) is 6.61 Å². The van der Waals surface area contributed by atoms with Crippen molar-refractivity contribution in [1.82, 2.24) is 10.2 Å². The summed E-state index contributed by atoms with van der Waals surface area (Å²) in [4.78, 5) is 2.55. The van der Waals surface area contributed by atoms with Crippen molar-refractivity contribution in [2.75, 3.05) is 32.8 Å². The molecule has 1 fully saturated rings. The van der Waals surface area contributed by atoms with Gasteiger partial charge in [-0.2, -0.15) is 0 Å². The Bertz CT molecular complexity index is 235. The first-order valence-corrected chi connectivity index (χ1v) is 8.77. The quantitative estimate of drug-likeness (QED) is 0.573. The standard InChI is InChI=1S/C17H36N2O/c1-4-11-18-14-17(9-7-8-10-17)15-19(12-13-20)16(5-2)6-3/h16,18,20H,4-15H2,1-3H3. The maximum absolute atomic E-state index is 9.39. The molecule has 0 aliphatic heterocycles. The predicted molar refractivity (Wildman–Crippen MR) is 87.1 cm³/mol. The Morgan fingerprint density at radius 3 is 2.30 bits per heavy atom. The molecular weight excluding hydrogens is 248 g/mol. The van der Waals surface area contributed by atoms with E-state index in [9.17, 15) is 5.11 Å². The van der Waals surface area contributed by atoms with Crippen LogP contribution in [0.1, 0.15) is 65.7 Å². The lowest BCUT2D eigenvalue weighted by Crippen LogP contribution is -2.47. The van der Waals surface area contributed by atoms with Crippen LogP contribution in [-0.4, -0.2) is 48.8 Å². The Morgan fingerprint density at radius 2 is 1.80 bits per heavy atom. The topological polar surface area (TPSA) is 35.5 Å². The summed E-state index contributed by atoms with van der Waals surface area (Å²) in [5.41, 5.74) is 0.451. The van der Waals surface area contributed by atoms with Gasteiger partial charge in [-0.15, -0.1) is 0 Å². The molecule has 0 unspecified atom stereocenters. The van der Waals surface area contributed by atoms with Gasteiger partial charge in [0.25, 0.3) is 0 Å². The van der Waals surface area contributed by atoms with Crippen LogP contribution in [-0.2, 0) is 0 Å². The second-order valence-electron chi connectivity index (χ2n) is 6.55. The monoisotopic (exact) mass is 284 g/mol. The molecule has 0 aromatic carbocycles. The summed E-state index contributed by atoms with van der Waals surface area (Å²) in [5.74, 6) is 0. The fourth-order valence-electron chi connectivity index (χ4n) is 3.80. The molecule has 0 bridgehead atoms. The molecule has 1 saturated carbocycles. The second kappa shape index (κ2) is 9.75.